The molecule has 2 aromatic rings. The van der Waals surface area contributed by atoms with Crippen LogP contribution in [0.4, 0.5) is 11.4 Å². The Labute approximate surface area is 175 Å². The molecule has 0 radical (unpaired) electrons. The van der Waals surface area contributed by atoms with E-state index < -0.39 is 0 Å². The van der Waals surface area contributed by atoms with Crippen LogP contribution in [0.1, 0.15) is 34.3 Å². The predicted octanol–water partition coefficient (Wildman–Crippen LogP) is 3.69. The van der Waals surface area contributed by atoms with Gasteiger partial charge in [-0.1, -0.05) is 18.2 Å². The van der Waals surface area contributed by atoms with Crippen LogP contribution >= 0.6 is 0 Å². The summed E-state index contributed by atoms with van der Waals surface area (Å²) in [7, 11) is 0. The van der Waals surface area contributed by atoms with Crippen molar-refractivity contribution in [3.8, 4) is 0 Å². The van der Waals surface area contributed by atoms with E-state index in [-0.39, 0.29) is 47.6 Å². The third kappa shape index (κ3) is 2.98. The van der Waals surface area contributed by atoms with Crippen LogP contribution in [0.15, 0.2) is 42.5 Å². The van der Waals surface area contributed by atoms with Crippen LogP contribution in [0.25, 0.3) is 0 Å². The van der Waals surface area contributed by atoms with Crippen molar-refractivity contribution >= 4 is 29.2 Å². The summed E-state index contributed by atoms with van der Waals surface area (Å²) >= 11 is 0. The number of ether oxygens (including phenoxy) is 1. The van der Waals surface area contributed by atoms with Crippen LogP contribution < -0.4 is 10.6 Å². The number of carbonyl (C=O) groups is 3. The zero-order valence-corrected chi connectivity index (χ0v) is 17.0. The van der Waals surface area contributed by atoms with E-state index in [1.165, 1.54) is 0 Å². The van der Waals surface area contributed by atoms with Crippen molar-refractivity contribution in [3.63, 3.8) is 0 Å². The average molecular weight is 404 g/mol. The van der Waals surface area contributed by atoms with E-state index in [1.807, 2.05) is 32.0 Å². The number of rotatable bonds is 4. The van der Waals surface area contributed by atoms with Gasteiger partial charge in [-0.15, -0.1) is 0 Å². The van der Waals surface area contributed by atoms with Crippen molar-refractivity contribution in [2.24, 2.45) is 23.7 Å². The Morgan fingerprint density at radius 2 is 1.83 bits per heavy atom. The summed E-state index contributed by atoms with van der Waals surface area (Å²) in [6.07, 6.45) is 1.68. The van der Waals surface area contributed by atoms with E-state index in [0.29, 0.717) is 11.3 Å². The standard InChI is InChI=1S/C24H24N2O4/c1-12-5-3-8-18(13(12)2)26-22(27)14-6-4-7-16(9-14)25-23(28)20-15-10-17-19(11-15)30-24(29)21(17)20/h3-9,15,17,19-21H,10-11H2,1-2H3,(H,25,28)(H,26,27)/t15-,17+,19-,20-,21-/m1/s1. The molecule has 3 fully saturated rings. The molecule has 0 aromatic heterocycles. The van der Waals surface area contributed by atoms with Crippen LogP contribution in [0, 0.1) is 37.5 Å². The number of benzene rings is 2. The van der Waals surface area contributed by atoms with Gasteiger partial charge in [-0.2, -0.15) is 0 Å². The minimum atomic E-state index is -0.339. The smallest absolute Gasteiger partial charge is 0.310 e. The molecule has 2 aromatic carbocycles. The lowest BCUT2D eigenvalue weighted by Crippen LogP contribution is -2.35. The molecule has 2 saturated carbocycles. The van der Waals surface area contributed by atoms with Gasteiger partial charge in [0.2, 0.25) is 5.91 Å². The van der Waals surface area contributed by atoms with Gasteiger partial charge >= 0.3 is 5.97 Å². The number of nitrogens with one attached hydrogen (secondary N) is 2. The highest BCUT2D eigenvalue weighted by atomic mass is 16.6. The van der Waals surface area contributed by atoms with E-state index in [0.717, 1.165) is 29.7 Å². The number of esters is 1. The van der Waals surface area contributed by atoms with Gasteiger partial charge in [-0.25, -0.2) is 0 Å². The van der Waals surface area contributed by atoms with Gasteiger partial charge in [-0.05, 0) is 68.0 Å². The maximum atomic E-state index is 13.0. The third-order valence-electron chi connectivity index (χ3n) is 7.03. The average Bonchev–Trinajstić information content (AvgIpc) is 3.34. The van der Waals surface area contributed by atoms with Crippen LogP contribution in [-0.4, -0.2) is 23.9 Å². The fraction of sp³-hybridized carbons (Fsp3) is 0.375. The summed E-state index contributed by atoms with van der Waals surface area (Å²) in [5.41, 5.74) is 3.91. The van der Waals surface area contributed by atoms with Gasteiger partial charge in [0, 0.05) is 22.9 Å². The second-order valence-electron chi connectivity index (χ2n) is 8.69. The fourth-order valence-electron chi connectivity index (χ4n) is 5.41. The lowest BCUT2D eigenvalue weighted by Gasteiger charge is -2.23. The van der Waals surface area contributed by atoms with Gasteiger partial charge in [0.25, 0.3) is 5.91 Å². The first-order valence-electron chi connectivity index (χ1n) is 10.4. The molecule has 30 heavy (non-hydrogen) atoms. The number of anilines is 2. The molecular formula is C24H24N2O4. The summed E-state index contributed by atoms with van der Waals surface area (Å²) in [4.78, 5) is 37.9. The molecule has 1 saturated heterocycles. The number of amides is 2. The number of carbonyl (C=O) groups excluding carboxylic acids is 3. The van der Waals surface area contributed by atoms with Crippen molar-refractivity contribution in [1.29, 1.82) is 0 Å². The van der Waals surface area contributed by atoms with Crippen LogP contribution in [-0.2, 0) is 14.3 Å². The van der Waals surface area contributed by atoms with E-state index in [4.69, 9.17) is 4.74 Å². The van der Waals surface area contributed by atoms with Crippen LogP contribution in [0.3, 0.4) is 0 Å². The molecule has 3 aliphatic rings. The lowest BCUT2D eigenvalue weighted by molar-refractivity contribution is -0.145. The van der Waals surface area contributed by atoms with Crippen molar-refractivity contribution in [1.82, 2.24) is 0 Å². The molecule has 6 heteroatoms. The highest BCUT2D eigenvalue weighted by Crippen LogP contribution is 2.57. The van der Waals surface area contributed by atoms with E-state index in [1.54, 1.807) is 24.3 Å². The second-order valence-corrected chi connectivity index (χ2v) is 8.69. The predicted molar refractivity (Wildman–Crippen MR) is 112 cm³/mol. The van der Waals surface area contributed by atoms with E-state index >= 15 is 0 Å². The summed E-state index contributed by atoms with van der Waals surface area (Å²) in [6.45, 7) is 3.97. The van der Waals surface area contributed by atoms with Crippen molar-refractivity contribution in [2.75, 3.05) is 10.6 Å². The zero-order chi connectivity index (χ0) is 21.0. The number of aryl methyl sites for hydroxylation is 1. The monoisotopic (exact) mass is 404 g/mol. The Bertz CT molecular complexity index is 1060. The molecule has 6 nitrogen and oxygen atoms in total. The largest absolute Gasteiger partial charge is 0.462 e. The molecule has 2 aliphatic carbocycles. The van der Waals surface area contributed by atoms with E-state index in [9.17, 15) is 14.4 Å². The summed E-state index contributed by atoms with van der Waals surface area (Å²) < 4.78 is 5.42. The van der Waals surface area contributed by atoms with Crippen molar-refractivity contribution in [2.45, 2.75) is 32.8 Å². The Hall–Kier alpha value is -3.15. The van der Waals surface area contributed by atoms with E-state index in [2.05, 4.69) is 10.6 Å². The molecule has 5 atom stereocenters. The lowest BCUT2D eigenvalue weighted by atomic mass is 9.79. The van der Waals surface area contributed by atoms with Gasteiger partial charge in [0.15, 0.2) is 0 Å². The summed E-state index contributed by atoms with van der Waals surface area (Å²) in [5.74, 6) is -0.885. The Kier molecular flexibility index (Phi) is 4.38. The number of hydrogen-bond donors (Lipinski definition) is 2. The van der Waals surface area contributed by atoms with Gasteiger partial charge in [-0.3, -0.25) is 14.4 Å². The Morgan fingerprint density at radius 1 is 1.03 bits per heavy atom. The minimum absolute atomic E-state index is 0.00801. The summed E-state index contributed by atoms with van der Waals surface area (Å²) in [5, 5.41) is 5.86. The first-order valence-corrected chi connectivity index (χ1v) is 10.4. The highest BCUT2D eigenvalue weighted by molar-refractivity contribution is 6.06. The van der Waals surface area contributed by atoms with Gasteiger partial charge < -0.3 is 15.4 Å². The zero-order valence-electron chi connectivity index (χ0n) is 17.0. The third-order valence-corrected chi connectivity index (χ3v) is 7.03. The molecule has 5 rings (SSSR count). The second kappa shape index (κ2) is 6.97. The minimum Gasteiger partial charge on any atom is -0.462 e. The van der Waals surface area contributed by atoms with Gasteiger partial charge in [0.1, 0.15) is 6.10 Å². The topological polar surface area (TPSA) is 84.5 Å². The molecule has 2 N–H and O–H groups in total. The number of fused-ring (bicyclic) bond motifs is 1. The molecule has 1 heterocycles. The maximum Gasteiger partial charge on any atom is 0.310 e. The quantitative estimate of drug-likeness (QED) is 0.761. The maximum absolute atomic E-state index is 13.0. The highest BCUT2D eigenvalue weighted by Gasteiger charge is 2.63. The molecule has 1 aliphatic heterocycles. The SMILES string of the molecule is Cc1cccc(NC(=O)c2cccc(NC(=O)[C@@H]3[C@@H]4C[C@@H]5[C@H]3C(=O)O[C@@H]5C4)c2)c1C. The normalized spacial score (nSPS) is 28.3. The van der Waals surface area contributed by atoms with Gasteiger partial charge in [0.05, 0.1) is 11.8 Å². The van der Waals surface area contributed by atoms with Crippen molar-refractivity contribution < 1.29 is 19.1 Å². The molecule has 2 bridgehead atoms. The summed E-state index contributed by atoms with van der Waals surface area (Å²) in [6, 6.07) is 12.7. The number of hydrogen-bond acceptors (Lipinski definition) is 4. The molecule has 154 valence electrons. The molecular weight excluding hydrogens is 380 g/mol. The molecule has 0 unspecified atom stereocenters. The first kappa shape index (κ1) is 18.9. The van der Waals surface area contributed by atoms with Crippen molar-refractivity contribution in [3.05, 3.63) is 59.2 Å². The molecule has 2 amide bonds. The fourth-order valence-corrected chi connectivity index (χ4v) is 5.41. The van der Waals surface area contributed by atoms with Crippen LogP contribution in [0.2, 0.25) is 0 Å². The molecule has 0 spiro atoms. The van der Waals surface area contributed by atoms with Crippen LogP contribution in [0.5, 0.6) is 0 Å². The first-order chi connectivity index (χ1) is 14.4. The Morgan fingerprint density at radius 3 is 2.67 bits per heavy atom. The Balaban J connectivity index is 1.31.